The summed E-state index contributed by atoms with van der Waals surface area (Å²) in [5.74, 6) is 0. The fourth-order valence-electron chi connectivity index (χ4n) is 2.67. The third-order valence-electron chi connectivity index (χ3n) is 3.84. The number of rotatable bonds is 5. The summed E-state index contributed by atoms with van der Waals surface area (Å²) >= 11 is 0. The van der Waals surface area contributed by atoms with Gasteiger partial charge in [0.05, 0.1) is 12.7 Å². The Bertz CT molecular complexity index is 428. The number of nitrogens with two attached hydrogens (primary N) is 1. The molecule has 1 aliphatic rings. The Balaban J connectivity index is 2.16. The second-order valence-corrected chi connectivity index (χ2v) is 5.12. The van der Waals surface area contributed by atoms with Crippen molar-refractivity contribution in [3.8, 4) is 0 Å². The smallest absolute Gasteiger partial charge is 0.263 e. The largest absolute Gasteiger partial charge is 0.376 e. The summed E-state index contributed by atoms with van der Waals surface area (Å²) in [6, 6.07) is 6.55. The zero-order valence-corrected chi connectivity index (χ0v) is 11.8. The third-order valence-corrected chi connectivity index (χ3v) is 3.84. The molecular weight excluding hydrogens is 262 g/mol. The molecule has 2 atom stereocenters. The summed E-state index contributed by atoms with van der Waals surface area (Å²) in [6.07, 6.45) is -1.29. The first-order chi connectivity index (χ1) is 9.65. The van der Waals surface area contributed by atoms with Crippen molar-refractivity contribution in [1.29, 1.82) is 0 Å². The van der Waals surface area contributed by atoms with Gasteiger partial charge in [-0.05, 0) is 18.1 Å². The predicted octanol–water partition coefficient (Wildman–Crippen LogP) is 2.73. The van der Waals surface area contributed by atoms with Gasteiger partial charge >= 0.3 is 0 Å². The molecule has 1 fully saturated rings. The number of morpholine rings is 1. The molecule has 2 N–H and O–H groups in total. The molecule has 1 aromatic rings. The first-order valence-corrected chi connectivity index (χ1v) is 7.09. The van der Waals surface area contributed by atoms with Crippen molar-refractivity contribution >= 4 is 0 Å². The zero-order valence-electron chi connectivity index (χ0n) is 11.8. The highest BCUT2D eigenvalue weighted by Gasteiger charge is 2.26. The van der Waals surface area contributed by atoms with Crippen LogP contribution in [0.15, 0.2) is 24.3 Å². The van der Waals surface area contributed by atoms with Crippen LogP contribution >= 0.6 is 0 Å². The molecule has 1 saturated heterocycles. The zero-order chi connectivity index (χ0) is 14.5. The molecule has 0 amide bonds. The van der Waals surface area contributed by atoms with Gasteiger partial charge in [0.25, 0.3) is 6.43 Å². The number of hydrogen-bond acceptors (Lipinski definition) is 3. The number of nitrogens with zero attached hydrogens (tertiary/aromatic N) is 1. The Labute approximate surface area is 118 Å². The Kier molecular flexibility index (Phi) is 5.46. The predicted molar refractivity (Wildman–Crippen MR) is 74.8 cm³/mol. The molecule has 0 radical (unpaired) electrons. The minimum Gasteiger partial charge on any atom is -0.376 e. The second-order valence-electron chi connectivity index (χ2n) is 5.12. The lowest BCUT2D eigenvalue weighted by atomic mass is 10.0. The molecule has 112 valence electrons. The van der Waals surface area contributed by atoms with Gasteiger partial charge in [-0.2, -0.15) is 0 Å². The molecule has 0 aromatic heterocycles. The summed E-state index contributed by atoms with van der Waals surface area (Å²) in [6.45, 7) is 4.77. The maximum absolute atomic E-state index is 12.8. The first kappa shape index (κ1) is 15.4. The molecule has 0 bridgehead atoms. The van der Waals surface area contributed by atoms with Crippen molar-refractivity contribution in [2.24, 2.45) is 5.73 Å². The molecular formula is C15H22F2N2O. The SMILES string of the molecule is CCC1CN(C(CN)c2cccc(C(F)F)c2)CCO1. The van der Waals surface area contributed by atoms with E-state index in [2.05, 4.69) is 11.8 Å². The van der Waals surface area contributed by atoms with E-state index in [4.69, 9.17) is 10.5 Å². The van der Waals surface area contributed by atoms with Gasteiger partial charge < -0.3 is 10.5 Å². The minimum atomic E-state index is -2.44. The van der Waals surface area contributed by atoms with Crippen LogP contribution in [0.4, 0.5) is 8.78 Å². The highest BCUT2D eigenvalue weighted by atomic mass is 19.3. The van der Waals surface area contributed by atoms with E-state index in [1.807, 2.05) is 6.07 Å². The van der Waals surface area contributed by atoms with Gasteiger partial charge in [-0.25, -0.2) is 8.78 Å². The van der Waals surface area contributed by atoms with Gasteiger partial charge in [-0.1, -0.05) is 25.1 Å². The summed E-state index contributed by atoms with van der Waals surface area (Å²) in [5.41, 5.74) is 6.80. The molecule has 1 aromatic carbocycles. The molecule has 2 unspecified atom stereocenters. The van der Waals surface area contributed by atoms with Crippen molar-refractivity contribution in [3.63, 3.8) is 0 Å². The number of halogens is 2. The molecule has 20 heavy (non-hydrogen) atoms. The van der Waals surface area contributed by atoms with E-state index >= 15 is 0 Å². The van der Waals surface area contributed by atoms with Gasteiger partial charge in [-0.3, -0.25) is 4.90 Å². The monoisotopic (exact) mass is 284 g/mol. The lowest BCUT2D eigenvalue weighted by molar-refractivity contribution is -0.0437. The average molecular weight is 284 g/mol. The van der Waals surface area contributed by atoms with Crippen LogP contribution in [0.1, 0.15) is 36.9 Å². The summed E-state index contributed by atoms with van der Waals surface area (Å²) in [4.78, 5) is 2.24. The van der Waals surface area contributed by atoms with Crippen LogP contribution < -0.4 is 5.73 Å². The topological polar surface area (TPSA) is 38.5 Å². The Hall–Kier alpha value is -1.04. The van der Waals surface area contributed by atoms with Crippen molar-refractivity contribution in [2.75, 3.05) is 26.2 Å². The van der Waals surface area contributed by atoms with Gasteiger partial charge in [0.15, 0.2) is 0 Å². The summed E-state index contributed by atoms with van der Waals surface area (Å²) < 4.78 is 31.3. The van der Waals surface area contributed by atoms with Crippen molar-refractivity contribution < 1.29 is 13.5 Å². The number of benzene rings is 1. The Morgan fingerprint density at radius 3 is 2.80 bits per heavy atom. The summed E-state index contributed by atoms with van der Waals surface area (Å²) in [5, 5.41) is 0. The summed E-state index contributed by atoms with van der Waals surface area (Å²) in [7, 11) is 0. The van der Waals surface area contributed by atoms with Crippen LogP contribution in [0.5, 0.6) is 0 Å². The van der Waals surface area contributed by atoms with Crippen LogP contribution in [0.2, 0.25) is 0 Å². The maximum atomic E-state index is 12.8. The van der Waals surface area contributed by atoms with E-state index in [0.717, 1.165) is 25.1 Å². The standard InChI is InChI=1S/C15H22F2N2O/c1-2-13-10-19(6-7-20-13)14(9-18)11-4-3-5-12(8-11)15(16)17/h3-5,8,13-15H,2,6-7,9-10,18H2,1H3. The van der Waals surface area contributed by atoms with E-state index in [1.54, 1.807) is 12.1 Å². The Morgan fingerprint density at radius 2 is 2.15 bits per heavy atom. The Morgan fingerprint density at radius 1 is 1.40 bits per heavy atom. The van der Waals surface area contributed by atoms with Crippen molar-refractivity contribution in [3.05, 3.63) is 35.4 Å². The lowest BCUT2D eigenvalue weighted by Gasteiger charge is -2.38. The molecule has 5 heteroatoms. The van der Waals surface area contributed by atoms with Gasteiger partial charge in [0.2, 0.25) is 0 Å². The molecule has 2 rings (SSSR count). The van der Waals surface area contributed by atoms with Crippen molar-refractivity contribution in [1.82, 2.24) is 4.90 Å². The number of ether oxygens (including phenoxy) is 1. The fraction of sp³-hybridized carbons (Fsp3) is 0.600. The van der Waals surface area contributed by atoms with Gasteiger partial charge in [-0.15, -0.1) is 0 Å². The van der Waals surface area contributed by atoms with E-state index in [9.17, 15) is 8.78 Å². The van der Waals surface area contributed by atoms with Crippen LogP contribution in [-0.4, -0.2) is 37.2 Å². The first-order valence-electron chi connectivity index (χ1n) is 7.09. The maximum Gasteiger partial charge on any atom is 0.263 e. The van der Waals surface area contributed by atoms with Crippen LogP contribution in [0.25, 0.3) is 0 Å². The van der Waals surface area contributed by atoms with Crippen LogP contribution in [0, 0.1) is 0 Å². The third kappa shape index (κ3) is 3.53. The average Bonchev–Trinajstić information content (AvgIpc) is 2.48. The molecule has 0 aliphatic carbocycles. The van der Waals surface area contributed by atoms with Crippen LogP contribution in [-0.2, 0) is 4.74 Å². The normalized spacial score (nSPS) is 22.1. The fourth-order valence-corrected chi connectivity index (χ4v) is 2.67. The quantitative estimate of drug-likeness (QED) is 0.903. The molecule has 1 heterocycles. The molecule has 0 spiro atoms. The minimum absolute atomic E-state index is 0.0216. The highest BCUT2D eigenvalue weighted by molar-refractivity contribution is 5.27. The van der Waals surface area contributed by atoms with Gasteiger partial charge in [0.1, 0.15) is 0 Å². The van der Waals surface area contributed by atoms with E-state index < -0.39 is 6.43 Å². The highest BCUT2D eigenvalue weighted by Crippen LogP contribution is 2.27. The van der Waals surface area contributed by atoms with E-state index in [1.165, 1.54) is 6.07 Å². The molecule has 0 saturated carbocycles. The second kappa shape index (κ2) is 7.11. The molecule has 1 aliphatic heterocycles. The number of hydrogen-bond donors (Lipinski definition) is 1. The van der Waals surface area contributed by atoms with Crippen LogP contribution in [0.3, 0.4) is 0 Å². The van der Waals surface area contributed by atoms with Crippen molar-refractivity contribution in [2.45, 2.75) is 31.9 Å². The number of alkyl halides is 2. The van der Waals surface area contributed by atoms with E-state index in [-0.39, 0.29) is 17.7 Å². The molecule has 3 nitrogen and oxygen atoms in total. The van der Waals surface area contributed by atoms with E-state index in [0.29, 0.717) is 13.2 Å². The lowest BCUT2D eigenvalue weighted by Crippen LogP contribution is -2.46. The van der Waals surface area contributed by atoms with Gasteiger partial charge in [0, 0.05) is 31.2 Å².